The molecule has 116 valence electrons. The predicted octanol–water partition coefficient (Wildman–Crippen LogP) is 3.13. The minimum atomic E-state index is -0.839. The molecular weight excluding hydrogens is 317 g/mol. The second kappa shape index (κ2) is 8.74. The normalized spacial score (nSPS) is 11.8. The molecular formula is C14H17Cl2NO4. The Morgan fingerprint density at radius 1 is 1.38 bits per heavy atom. The fourth-order valence-corrected chi connectivity index (χ4v) is 2.15. The number of ether oxygens (including phenoxy) is 1. The number of carbonyl (C=O) groups excluding carboxylic acids is 1. The third-order valence-electron chi connectivity index (χ3n) is 2.69. The number of halogens is 2. The SMILES string of the molecule is CC(CCCC(=O)O)NC(=O)COc1ccc(Cl)cc1Cl. The van der Waals surface area contributed by atoms with Gasteiger partial charge in [0.05, 0.1) is 5.02 Å². The van der Waals surface area contributed by atoms with Gasteiger partial charge < -0.3 is 15.2 Å². The van der Waals surface area contributed by atoms with E-state index in [0.29, 0.717) is 28.6 Å². The van der Waals surface area contributed by atoms with Crippen LogP contribution >= 0.6 is 23.2 Å². The maximum atomic E-state index is 11.7. The molecule has 21 heavy (non-hydrogen) atoms. The van der Waals surface area contributed by atoms with Gasteiger partial charge in [-0.1, -0.05) is 23.2 Å². The van der Waals surface area contributed by atoms with Gasteiger partial charge in [-0.15, -0.1) is 0 Å². The highest BCUT2D eigenvalue weighted by atomic mass is 35.5. The number of benzene rings is 1. The Hall–Kier alpha value is -1.46. The van der Waals surface area contributed by atoms with E-state index in [-0.39, 0.29) is 25.0 Å². The molecule has 0 saturated carbocycles. The van der Waals surface area contributed by atoms with Crippen molar-refractivity contribution in [3.05, 3.63) is 28.2 Å². The summed E-state index contributed by atoms with van der Waals surface area (Å²) in [6, 6.07) is 4.63. The van der Waals surface area contributed by atoms with Crippen LogP contribution in [0, 0.1) is 0 Å². The first-order valence-electron chi connectivity index (χ1n) is 6.47. The zero-order chi connectivity index (χ0) is 15.8. The smallest absolute Gasteiger partial charge is 0.303 e. The molecule has 1 atom stereocenters. The van der Waals surface area contributed by atoms with Gasteiger partial charge in [0.25, 0.3) is 5.91 Å². The van der Waals surface area contributed by atoms with E-state index in [2.05, 4.69) is 5.32 Å². The lowest BCUT2D eigenvalue weighted by Crippen LogP contribution is -2.36. The summed E-state index contributed by atoms with van der Waals surface area (Å²) in [4.78, 5) is 22.1. The van der Waals surface area contributed by atoms with Gasteiger partial charge in [0.2, 0.25) is 0 Å². The van der Waals surface area contributed by atoms with Gasteiger partial charge in [-0.3, -0.25) is 9.59 Å². The van der Waals surface area contributed by atoms with Gasteiger partial charge in [0.1, 0.15) is 5.75 Å². The van der Waals surface area contributed by atoms with Crippen molar-refractivity contribution in [2.45, 2.75) is 32.2 Å². The predicted molar refractivity (Wildman–Crippen MR) is 81.0 cm³/mol. The Labute approximate surface area is 133 Å². The molecule has 5 nitrogen and oxygen atoms in total. The van der Waals surface area contributed by atoms with Crippen molar-refractivity contribution < 1.29 is 19.4 Å². The minimum absolute atomic E-state index is 0.0943. The van der Waals surface area contributed by atoms with Gasteiger partial charge >= 0.3 is 5.97 Å². The summed E-state index contributed by atoms with van der Waals surface area (Å²) in [5.74, 6) is -0.743. The molecule has 0 spiro atoms. The van der Waals surface area contributed by atoms with Crippen molar-refractivity contribution >= 4 is 35.1 Å². The van der Waals surface area contributed by atoms with Crippen molar-refractivity contribution in [1.82, 2.24) is 5.32 Å². The number of hydrogen-bond donors (Lipinski definition) is 2. The molecule has 0 radical (unpaired) electrons. The Bertz CT molecular complexity index is 508. The van der Waals surface area contributed by atoms with E-state index in [1.165, 1.54) is 6.07 Å². The number of nitrogens with one attached hydrogen (secondary N) is 1. The third kappa shape index (κ3) is 7.20. The molecule has 0 saturated heterocycles. The topological polar surface area (TPSA) is 75.6 Å². The molecule has 1 unspecified atom stereocenters. The Morgan fingerprint density at radius 2 is 2.10 bits per heavy atom. The summed E-state index contributed by atoms with van der Waals surface area (Å²) in [5, 5.41) is 12.1. The molecule has 0 fully saturated rings. The van der Waals surface area contributed by atoms with Crippen LogP contribution in [0.4, 0.5) is 0 Å². The van der Waals surface area contributed by atoms with E-state index in [9.17, 15) is 9.59 Å². The molecule has 0 aromatic heterocycles. The van der Waals surface area contributed by atoms with E-state index >= 15 is 0 Å². The number of hydrogen-bond acceptors (Lipinski definition) is 3. The van der Waals surface area contributed by atoms with E-state index in [4.69, 9.17) is 33.0 Å². The van der Waals surface area contributed by atoms with Crippen molar-refractivity contribution in [3.63, 3.8) is 0 Å². The molecule has 0 aliphatic heterocycles. The first kappa shape index (κ1) is 17.6. The summed E-state index contributed by atoms with van der Waals surface area (Å²) in [6.07, 6.45) is 1.21. The monoisotopic (exact) mass is 333 g/mol. The van der Waals surface area contributed by atoms with E-state index < -0.39 is 5.97 Å². The molecule has 1 aromatic carbocycles. The number of amides is 1. The zero-order valence-corrected chi connectivity index (χ0v) is 13.1. The van der Waals surface area contributed by atoms with Gasteiger partial charge in [0, 0.05) is 17.5 Å². The quantitative estimate of drug-likeness (QED) is 0.766. The Morgan fingerprint density at radius 3 is 2.71 bits per heavy atom. The summed E-state index contributed by atoms with van der Waals surface area (Å²) >= 11 is 11.7. The molecule has 0 aliphatic rings. The molecule has 7 heteroatoms. The van der Waals surface area contributed by atoms with Crippen molar-refractivity contribution in [2.24, 2.45) is 0 Å². The van der Waals surface area contributed by atoms with E-state index in [1.54, 1.807) is 12.1 Å². The number of carbonyl (C=O) groups is 2. The maximum absolute atomic E-state index is 11.7. The fourth-order valence-electron chi connectivity index (χ4n) is 1.68. The maximum Gasteiger partial charge on any atom is 0.303 e. The molecule has 1 rings (SSSR count). The largest absolute Gasteiger partial charge is 0.482 e. The first-order valence-corrected chi connectivity index (χ1v) is 7.23. The van der Waals surface area contributed by atoms with Crippen LogP contribution < -0.4 is 10.1 Å². The van der Waals surface area contributed by atoms with Crippen LogP contribution in [0.2, 0.25) is 10.0 Å². The van der Waals surface area contributed by atoms with Crippen LogP contribution in [0.25, 0.3) is 0 Å². The average Bonchev–Trinajstić information content (AvgIpc) is 2.37. The first-order chi connectivity index (χ1) is 9.88. The third-order valence-corrected chi connectivity index (χ3v) is 3.22. The number of carboxylic acids is 1. The summed E-state index contributed by atoms with van der Waals surface area (Å²) in [6.45, 7) is 1.65. The summed E-state index contributed by atoms with van der Waals surface area (Å²) in [5.41, 5.74) is 0. The second-order valence-corrected chi connectivity index (χ2v) is 5.46. The van der Waals surface area contributed by atoms with Crippen molar-refractivity contribution in [2.75, 3.05) is 6.61 Å². The van der Waals surface area contributed by atoms with Crippen LogP contribution in [0.15, 0.2) is 18.2 Å². The van der Waals surface area contributed by atoms with Gasteiger partial charge in [-0.05, 0) is 38.0 Å². The molecule has 0 heterocycles. The highest BCUT2D eigenvalue weighted by Crippen LogP contribution is 2.27. The van der Waals surface area contributed by atoms with Crippen LogP contribution in [-0.4, -0.2) is 29.6 Å². The van der Waals surface area contributed by atoms with Gasteiger partial charge in [-0.25, -0.2) is 0 Å². The molecule has 0 bridgehead atoms. The lowest BCUT2D eigenvalue weighted by Gasteiger charge is -2.14. The molecule has 1 amide bonds. The highest BCUT2D eigenvalue weighted by Gasteiger charge is 2.10. The molecule has 1 aromatic rings. The van der Waals surface area contributed by atoms with E-state index in [0.717, 1.165) is 0 Å². The van der Waals surface area contributed by atoms with Gasteiger partial charge in [0.15, 0.2) is 6.61 Å². The fraction of sp³-hybridized carbons (Fsp3) is 0.429. The van der Waals surface area contributed by atoms with Crippen LogP contribution in [0.5, 0.6) is 5.75 Å². The highest BCUT2D eigenvalue weighted by molar-refractivity contribution is 6.35. The van der Waals surface area contributed by atoms with Crippen molar-refractivity contribution in [1.29, 1.82) is 0 Å². The van der Waals surface area contributed by atoms with E-state index in [1.807, 2.05) is 6.92 Å². The Kier molecular flexibility index (Phi) is 7.32. The lowest BCUT2D eigenvalue weighted by atomic mass is 10.1. The summed E-state index contributed by atoms with van der Waals surface area (Å²) in [7, 11) is 0. The molecule has 2 N–H and O–H groups in total. The number of carboxylic acid groups (broad SMARTS) is 1. The minimum Gasteiger partial charge on any atom is -0.482 e. The number of rotatable bonds is 8. The van der Waals surface area contributed by atoms with Crippen LogP contribution in [-0.2, 0) is 9.59 Å². The lowest BCUT2D eigenvalue weighted by molar-refractivity contribution is -0.137. The molecule has 0 aliphatic carbocycles. The van der Waals surface area contributed by atoms with Gasteiger partial charge in [-0.2, -0.15) is 0 Å². The Balaban J connectivity index is 2.31. The average molecular weight is 334 g/mol. The number of aliphatic carboxylic acids is 1. The van der Waals surface area contributed by atoms with Crippen LogP contribution in [0.3, 0.4) is 0 Å². The van der Waals surface area contributed by atoms with Crippen molar-refractivity contribution in [3.8, 4) is 5.75 Å². The summed E-state index contributed by atoms with van der Waals surface area (Å²) < 4.78 is 5.30. The zero-order valence-electron chi connectivity index (χ0n) is 11.6. The second-order valence-electron chi connectivity index (χ2n) is 4.62. The van der Waals surface area contributed by atoms with Crippen LogP contribution in [0.1, 0.15) is 26.2 Å². The standard InChI is InChI=1S/C14H17Cl2NO4/c1-9(3-2-4-14(19)20)17-13(18)8-21-12-6-5-10(15)7-11(12)16/h5-7,9H,2-4,8H2,1H3,(H,17,18)(H,19,20).